The van der Waals surface area contributed by atoms with Crippen LogP contribution in [0.15, 0.2) is 36.5 Å². The number of halogens is 4. The average Bonchev–Trinajstić information content (AvgIpc) is 3.06. The number of rotatable bonds is 3. The van der Waals surface area contributed by atoms with Crippen LogP contribution in [0.3, 0.4) is 0 Å². The number of hydrazine groups is 1. The molecular weight excluding hydrogens is 409 g/mol. The molecule has 154 valence electrons. The molecule has 4 rings (SSSR count). The minimum atomic E-state index is -5.00. The number of aromatic nitrogens is 1. The number of hydrogen-bond donors (Lipinski definition) is 2. The summed E-state index contributed by atoms with van der Waals surface area (Å²) in [5.74, 6) is -2.18. The first-order valence-electron chi connectivity index (χ1n) is 9.05. The maximum Gasteiger partial charge on any atom is 0.472 e. The lowest BCUT2D eigenvalue weighted by atomic mass is 9.83. The molecule has 6 nitrogen and oxygen atoms in total. The van der Waals surface area contributed by atoms with Crippen molar-refractivity contribution in [3.05, 3.63) is 52.7 Å². The Kier molecular flexibility index (Phi) is 5.04. The number of pyridine rings is 1. The molecule has 29 heavy (non-hydrogen) atoms. The molecular formula is C19H18ClF3N4O2. The summed E-state index contributed by atoms with van der Waals surface area (Å²) >= 11 is 6.34. The van der Waals surface area contributed by atoms with Crippen LogP contribution in [-0.4, -0.2) is 30.2 Å². The van der Waals surface area contributed by atoms with Crippen LogP contribution >= 0.6 is 11.6 Å². The fourth-order valence-electron chi connectivity index (χ4n) is 3.86. The molecule has 3 heterocycles. The number of ether oxygens (including phenoxy) is 1. The number of piperidine rings is 1. The minimum Gasteiger partial charge on any atom is -0.370 e. The van der Waals surface area contributed by atoms with E-state index in [9.17, 15) is 18.0 Å². The van der Waals surface area contributed by atoms with Gasteiger partial charge in [0.2, 0.25) is 0 Å². The van der Waals surface area contributed by atoms with Crippen LogP contribution in [0.1, 0.15) is 24.0 Å². The highest BCUT2D eigenvalue weighted by molar-refractivity contribution is 6.35. The molecule has 1 aromatic heterocycles. The van der Waals surface area contributed by atoms with Crippen LogP contribution in [-0.2, 0) is 21.7 Å². The number of nitrogens with zero attached hydrogens (tertiary/aromatic N) is 2. The number of alkyl halides is 3. The molecule has 1 amide bonds. The number of amides is 1. The molecule has 2 aliphatic heterocycles. The highest BCUT2D eigenvalue weighted by Crippen LogP contribution is 2.45. The first-order valence-corrected chi connectivity index (χ1v) is 9.43. The lowest BCUT2D eigenvalue weighted by Gasteiger charge is -2.40. The van der Waals surface area contributed by atoms with E-state index in [-0.39, 0.29) is 16.4 Å². The van der Waals surface area contributed by atoms with Crippen LogP contribution in [0.25, 0.3) is 0 Å². The van der Waals surface area contributed by atoms with Gasteiger partial charge in [-0.15, -0.1) is 0 Å². The van der Waals surface area contributed by atoms with Gasteiger partial charge in [0.15, 0.2) is 5.82 Å². The molecule has 1 fully saturated rings. The molecule has 0 unspecified atom stereocenters. The van der Waals surface area contributed by atoms with Crippen LogP contribution in [0.5, 0.6) is 0 Å². The van der Waals surface area contributed by atoms with E-state index in [2.05, 4.69) is 22.5 Å². The first-order chi connectivity index (χ1) is 13.8. The second kappa shape index (κ2) is 7.38. The van der Waals surface area contributed by atoms with E-state index < -0.39 is 12.1 Å². The second-order valence-electron chi connectivity index (χ2n) is 7.00. The van der Waals surface area contributed by atoms with Crippen molar-refractivity contribution in [2.75, 3.05) is 23.4 Å². The number of nitrogens with one attached hydrogen (secondary N) is 2. The third kappa shape index (κ3) is 3.72. The summed E-state index contributed by atoms with van der Waals surface area (Å²) in [7, 11) is 0. The van der Waals surface area contributed by atoms with E-state index in [1.165, 1.54) is 17.3 Å². The van der Waals surface area contributed by atoms with Crippen molar-refractivity contribution in [2.45, 2.75) is 31.2 Å². The average molecular weight is 427 g/mol. The number of anilines is 2. The Balaban J connectivity index is 1.46. The lowest BCUT2D eigenvalue weighted by Crippen LogP contribution is -2.43. The number of carbonyl (C=O) groups excluding carboxylic acids is 1. The standard InChI is InChI=1S/C19H18ClF3N4O2/c20-15-14(5-8-24-16(15)25-26-17(28)19(21,22)23)27-9-6-18(7-10-27)13-4-2-1-3-12(13)11-29-18/h1-5,8H,6-7,9-11H2,(H,24,25)(H,26,28). The Hall–Kier alpha value is -2.52. The molecule has 0 radical (unpaired) electrons. The molecule has 0 aliphatic carbocycles. The molecule has 2 aromatic rings. The lowest BCUT2D eigenvalue weighted by molar-refractivity contribution is -0.173. The van der Waals surface area contributed by atoms with Gasteiger partial charge in [-0.1, -0.05) is 35.9 Å². The van der Waals surface area contributed by atoms with E-state index in [1.807, 2.05) is 17.0 Å². The van der Waals surface area contributed by atoms with Gasteiger partial charge in [-0.2, -0.15) is 13.2 Å². The van der Waals surface area contributed by atoms with Crippen molar-refractivity contribution in [1.29, 1.82) is 0 Å². The smallest absolute Gasteiger partial charge is 0.370 e. The van der Waals surface area contributed by atoms with Crippen LogP contribution in [0.4, 0.5) is 24.7 Å². The predicted octanol–water partition coefficient (Wildman–Crippen LogP) is 3.77. The highest BCUT2D eigenvalue weighted by atomic mass is 35.5. The van der Waals surface area contributed by atoms with Gasteiger partial charge in [-0.05, 0) is 30.0 Å². The Morgan fingerprint density at radius 2 is 1.93 bits per heavy atom. The third-order valence-electron chi connectivity index (χ3n) is 5.34. The maximum atomic E-state index is 12.3. The molecule has 1 saturated heterocycles. The second-order valence-corrected chi connectivity index (χ2v) is 7.37. The van der Waals surface area contributed by atoms with E-state index >= 15 is 0 Å². The monoisotopic (exact) mass is 426 g/mol. The quantitative estimate of drug-likeness (QED) is 0.731. The number of fused-ring (bicyclic) bond motifs is 2. The van der Waals surface area contributed by atoms with E-state index in [0.29, 0.717) is 25.4 Å². The van der Waals surface area contributed by atoms with Gasteiger partial charge in [0, 0.05) is 19.3 Å². The number of carbonyl (C=O) groups is 1. The number of hydrogen-bond acceptors (Lipinski definition) is 5. The van der Waals surface area contributed by atoms with Gasteiger partial charge in [0.05, 0.1) is 17.9 Å². The normalized spacial score (nSPS) is 17.9. The van der Waals surface area contributed by atoms with Gasteiger partial charge in [-0.3, -0.25) is 15.6 Å². The summed E-state index contributed by atoms with van der Waals surface area (Å²) in [5, 5.41) is 0.138. The Morgan fingerprint density at radius 1 is 1.21 bits per heavy atom. The van der Waals surface area contributed by atoms with Crippen molar-refractivity contribution < 1.29 is 22.7 Å². The van der Waals surface area contributed by atoms with Gasteiger partial charge < -0.3 is 9.64 Å². The van der Waals surface area contributed by atoms with Crippen molar-refractivity contribution in [3.63, 3.8) is 0 Å². The van der Waals surface area contributed by atoms with Gasteiger partial charge >= 0.3 is 12.1 Å². The van der Waals surface area contributed by atoms with Crippen LogP contribution < -0.4 is 15.8 Å². The van der Waals surface area contributed by atoms with Crippen molar-refractivity contribution in [1.82, 2.24) is 10.4 Å². The van der Waals surface area contributed by atoms with Crippen LogP contribution in [0.2, 0.25) is 5.02 Å². The highest BCUT2D eigenvalue weighted by Gasteiger charge is 2.43. The molecule has 10 heteroatoms. The third-order valence-corrected chi connectivity index (χ3v) is 5.72. The van der Waals surface area contributed by atoms with Crippen LogP contribution in [0, 0.1) is 0 Å². The SMILES string of the molecule is O=C(NNc1nccc(N2CCC3(CC2)OCc2ccccc23)c1Cl)C(F)(F)F. The molecule has 2 aliphatic rings. The Morgan fingerprint density at radius 3 is 2.66 bits per heavy atom. The zero-order valence-electron chi connectivity index (χ0n) is 15.2. The Labute approximate surface area is 170 Å². The Bertz CT molecular complexity index is 930. The molecule has 2 N–H and O–H groups in total. The molecule has 1 spiro atoms. The van der Waals surface area contributed by atoms with Gasteiger partial charge in [0.25, 0.3) is 0 Å². The number of benzene rings is 1. The zero-order chi connectivity index (χ0) is 20.6. The maximum absolute atomic E-state index is 12.3. The summed E-state index contributed by atoms with van der Waals surface area (Å²) < 4.78 is 43.2. The van der Waals surface area contributed by atoms with E-state index in [4.69, 9.17) is 16.3 Å². The van der Waals surface area contributed by atoms with Gasteiger partial charge in [-0.25, -0.2) is 4.98 Å². The summed E-state index contributed by atoms with van der Waals surface area (Å²) in [6.07, 6.45) is -2.06. The summed E-state index contributed by atoms with van der Waals surface area (Å²) in [6, 6.07) is 9.88. The minimum absolute atomic E-state index is 0.0514. The molecule has 0 bridgehead atoms. The van der Waals surface area contributed by atoms with Crippen molar-refractivity contribution in [2.24, 2.45) is 0 Å². The predicted molar refractivity (Wildman–Crippen MR) is 101 cm³/mol. The molecule has 0 saturated carbocycles. The topological polar surface area (TPSA) is 66.5 Å². The fraction of sp³-hybridized carbons (Fsp3) is 0.368. The molecule has 1 aromatic carbocycles. The first kappa shape index (κ1) is 19.8. The van der Waals surface area contributed by atoms with Crippen molar-refractivity contribution >= 4 is 29.0 Å². The van der Waals surface area contributed by atoms with E-state index in [1.54, 1.807) is 11.5 Å². The largest absolute Gasteiger partial charge is 0.472 e. The van der Waals surface area contributed by atoms with Crippen molar-refractivity contribution in [3.8, 4) is 0 Å². The summed E-state index contributed by atoms with van der Waals surface area (Å²) in [5.41, 5.74) is 6.45. The summed E-state index contributed by atoms with van der Waals surface area (Å²) in [4.78, 5) is 16.9. The van der Waals surface area contributed by atoms with E-state index in [0.717, 1.165) is 12.8 Å². The zero-order valence-corrected chi connectivity index (χ0v) is 16.0. The van der Waals surface area contributed by atoms with Gasteiger partial charge in [0.1, 0.15) is 5.02 Å². The summed E-state index contributed by atoms with van der Waals surface area (Å²) in [6.45, 7) is 1.91. The fourth-order valence-corrected chi connectivity index (χ4v) is 4.14. The molecule has 0 atom stereocenters.